The summed E-state index contributed by atoms with van der Waals surface area (Å²) in [5, 5.41) is 18.4. The molecule has 3 N–H and O–H groups in total. The molecule has 2 aromatic rings. The maximum atomic E-state index is 11.4. The van der Waals surface area contributed by atoms with Gasteiger partial charge in [0.1, 0.15) is 0 Å². The molecule has 9 heteroatoms. The number of hydrogen-bond donors (Lipinski definition) is 3. The van der Waals surface area contributed by atoms with E-state index < -0.39 is 38.1 Å². The number of aromatic carboxylic acids is 2. The minimum Gasteiger partial charge on any atom is -0.478 e. The van der Waals surface area contributed by atoms with Crippen LogP contribution in [0.1, 0.15) is 20.7 Å². The van der Waals surface area contributed by atoms with Crippen LogP contribution >= 0.6 is 0 Å². The molecule has 0 spiro atoms. The summed E-state index contributed by atoms with van der Waals surface area (Å²) in [6.07, 6.45) is 0. The first-order valence-corrected chi connectivity index (χ1v) is 7.25. The van der Waals surface area contributed by atoms with Crippen molar-refractivity contribution in [2.75, 3.05) is 0 Å². The zero-order valence-corrected chi connectivity index (χ0v) is 14.7. The number of rotatable bonds is 4. The Balaban J connectivity index is 0.00000264. The summed E-state index contributed by atoms with van der Waals surface area (Å²) in [6, 6.07) is 9.37. The second-order valence-electron chi connectivity index (χ2n) is 4.24. The molecule has 0 aliphatic rings. The van der Waals surface area contributed by atoms with E-state index in [2.05, 4.69) is 6.07 Å². The summed E-state index contributed by atoms with van der Waals surface area (Å²) in [6.45, 7) is 0. The fraction of sp³-hybridized carbons (Fsp3) is 0. The van der Waals surface area contributed by atoms with Crippen molar-refractivity contribution in [3.8, 4) is 11.1 Å². The molecule has 0 aliphatic heterocycles. The van der Waals surface area contributed by atoms with Crippen LogP contribution in [-0.4, -0.2) is 35.1 Å². The van der Waals surface area contributed by atoms with E-state index in [0.717, 1.165) is 18.2 Å². The number of carboxylic acids is 2. The van der Waals surface area contributed by atoms with E-state index in [9.17, 15) is 32.8 Å². The van der Waals surface area contributed by atoms with Crippen LogP contribution in [0.4, 0.5) is 0 Å². The Morgan fingerprint density at radius 3 is 1.96 bits per heavy atom. The van der Waals surface area contributed by atoms with Gasteiger partial charge in [-0.25, -0.2) is 18.0 Å². The van der Waals surface area contributed by atoms with Gasteiger partial charge < -0.3 is 10.2 Å². The summed E-state index contributed by atoms with van der Waals surface area (Å²) in [4.78, 5) is 22.0. The van der Waals surface area contributed by atoms with Crippen LogP contribution in [0.2, 0.25) is 0 Å². The van der Waals surface area contributed by atoms with Crippen LogP contribution in [0.3, 0.4) is 0 Å². The van der Waals surface area contributed by atoms with Gasteiger partial charge in [-0.15, -0.1) is 5.56 Å². The van der Waals surface area contributed by atoms with Gasteiger partial charge in [0.15, 0.2) is 0 Å². The Kier molecular flexibility index (Phi) is 6.09. The minimum atomic E-state index is -4.68. The van der Waals surface area contributed by atoms with Gasteiger partial charge in [0.25, 0.3) is 0 Å². The molecular weight excluding hydrogens is 335 g/mol. The van der Waals surface area contributed by atoms with E-state index in [-0.39, 0.29) is 40.7 Å². The average molecular weight is 344 g/mol. The Bertz CT molecular complexity index is 842. The molecule has 2 aromatic carbocycles. The SMILES string of the molecule is O=C(O)c1cccc(C(=O)O)c1-c1cc[c-]cc1S(=O)(=O)O.[Na+]. The summed E-state index contributed by atoms with van der Waals surface area (Å²) in [5.41, 5.74) is -1.31. The maximum absolute atomic E-state index is 11.4. The monoisotopic (exact) mass is 344 g/mol. The van der Waals surface area contributed by atoms with E-state index >= 15 is 0 Å². The standard InChI is InChI=1S/C14H9O7S.Na/c15-13(16)9-5-3-6-10(14(17)18)12(9)8-4-1-2-7-11(8)22(19,20)21;/h1,3-7H,(H,15,16)(H,17,18)(H,19,20,21);/q-1;+1. The summed E-state index contributed by atoms with van der Waals surface area (Å²) in [7, 11) is -4.68. The molecule has 0 atom stereocenters. The Hall–Kier alpha value is -1.71. The predicted octanol–water partition coefficient (Wildman–Crippen LogP) is -1.20. The van der Waals surface area contributed by atoms with E-state index in [4.69, 9.17) is 0 Å². The van der Waals surface area contributed by atoms with E-state index in [0.29, 0.717) is 0 Å². The molecule has 0 saturated carbocycles. The first kappa shape index (κ1) is 19.3. The third kappa shape index (κ3) is 3.98. The van der Waals surface area contributed by atoms with Crippen molar-refractivity contribution in [1.29, 1.82) is 0 Å². The first-order chi connectivity index (χ1) is 10.2. The Morgan fingerprint density at radius 1 is 1.00 bits per heavy atom. The molecule has 7 nitrogen and oxygen atoms in total. The predicted molar refractivity (Wildman–Crippen MR) is 74.4 cm³/mol. The van der Waals surface area contributed by atoms with E-state index in [1.807, 2.05) is 0 Å². The van der Waals surface area contributed by atoms with Gasteiger partial charge in [-0.1, -0.05) is 6.07 Å². The van der Waals surface area contributed by atoms with Crippen molar-refractivity contribution >= 4 is 22.1 Å². The van der Waals surface area contributed by atoms with Gasteiger partial charge in [0.05, 0.1) is 11.1 Å². The van der Waals surface area contributed by atoms with Crippen LogP contribution in [0.15, 0.2) is 41.3 Å². The third-order valence-corrected chi connectivity index (χ3v) is 3.79. The van der Waals surface area contributed by atoms with E-state index in [1.54, 1.807) is 0 Å². The van der Waals surface area contributed by atoms with Gasteiger partial charge in [-0.2, -0.15) is 24.3 Å². The van der Waals surface area contributed by atoms with Crippen molar-refractivity contribution < 1.29 is 62.3 Å². The number of benzene rings is 2. The van der Waals surface area contributed by atoms with Crippen molar-refractivity contribution in [3.63, 3.8) is 0 Å². The second kappa shape index (κ2) is 7.24. The molecule has 0 fully saturated rings. The molecule has 0 saturated heterocycles. The molecule has 0 aliphatic carbocycles. The first-order valence-electron chi connectivity index (χ1n) is 5.81. The zero-order chi connectivity index (χ0) is 16.5. The fourth-order valence-corrected chi connectivity index (χ4v) is 2.70. The largest absolute Gasteiger partial charge is 1.00 e. The minimum absolute atomic E-state index is 0. The normalized spacial score (nSPS) is 10.7. The smallest absolute Gasteiger partial charge is 0.478 e. The zero-order valence-electron chi connectivity index (χ0n) is 11.8. The third-order valence-electron chi connectivity index (χ3n) is 2.90. The molecule has 0 aromatic heterocycles. The van der Waals surface area contributed by atoms with Crippen LogP contribution < -0.4 is 29.6 Å². The van der Waals surface area contributed by atoms with Crippen molar-refractivity contribution in [2.24, 2.45) is 0 Å². The summed E-state index contributed by atoms with van der Waals surface area (Å²) in [5.74, 6) is -2.85. The fourth-order valence-electron chi connectivity index (χ4n) is 2.03. The average Bonchev–Trinajstić information content (AvgIpc) is 2.45. The number of carbonyl (C=O) groups is 2. The van der Waals surface area contributed by atoms with Crippen LogP contribution in [-0.2, 0) is 10.1 Å². The molecule has 0 bridgehead atoms. The van der Waals surface area contributed by atoms with Crippen LogP contribution in [0, 0.1) is 6.07 Å². The topological polar surface area (TPSA) is 129 Å². The molecular formula is C14H9NaO7S. The Morgan fingerprint density at radius 2 is 1.52 bits per heavy atom. The van der Waals surface area contributed by atoms with Crippen LogP contribution in [0.5, 0.6) is 0 Å². The summed E-state index contributed by atoms with van der Waals surface area (Å²) < 4.78 is 32.1. The second-order valence-corrected chi connectivity index (χ2v) is 5.63. The number of carboxylic acid groups (broad SMARTS) is 2. The molecule has 0 heterocycles. The quantitative estimate of drug-likeness (QED) is 0.361. The van der Waals surface area contributed by atoms with Gasteiger partial charge in [0, 0.05) is 0 Å². The molecule has 23 heavy (non-hydrogen) atoms. The van der Waals surface area contributed by atoms with Gasteiger partial charge >= 0.3 is 41.5 Å². The van der Waals surface area contributed by atoms with E-state index in [1.165, 1.54) is 18.2 Å². The van der Waals surface area contributed by atoms with Gasteiger partial charge in [-0.05, 0) is 22.6 Å². The van der Waals surface area contributed by atoms with Gasteiger partial charge in [-0.3, -0.25) is 4.55 Å². The summed E-state index contributed by atoms with van der Waals surface area (Å²) >= 11 is 0. The van der Waals surface area contributed by atoms with Crippen molar-refractivity contribution in [2.45, 2.75) is 4.90 Å². The number of hydrogen-bond acceptors (Lipinski definition) is 4. The van der Waals surface area contributed by atoms with Crippen molar-refractivity contribution in [1.82, 2.24) is 0 Å². The Labute approximate surface area is 153 Å². The molecule has 114 valence electrons. The molecule has 0 amide bonds. The van der Waals surface area contributed by atoms with Crippen LogP contribution in [0.25, 0.3) is 11.1 Å². The molecule has 2 rings (SSSR count). The maximum Gasteiger partial charge on any atom is 1.00 e. The molecule has 0 radical (unpaired) electrons. The van der Waals surface area contributed by atoms with Gasteiger partial charge in [0.2, 0.25) is 10.1 Å². The van der Waals surface area contributed by atoms with Crippen molar-refractivity contribution in [3.05, 3.63) is 53.6 Å². The molecule has 0 unspecified atom stereocenters.